The van der Waals surface area contributed by atoms with Crippen LogP contribution >= 0.6 is 0 Å². The molecule has 0 aliphatic carbocycles. The first-order chi connectivity index (χ1) is 8.69. The van der Waals surface area contributed by atoms with E-state index >= 15 is 0 Å². The zero-order chi connectivity index (χ0) is 13.4. The first-order valence-electron chi connectivity index (χ1n) is 7.10. The Hall–Kier alpha value is -1.09. The Bertz CT molecular complexity index is 336. The Morgan fingerprint density at radius 3 is 2.67 bits per heavy atom. The summed E-state index contributed by atoms with van der Waals surface area (Å²) in [5.41, 5.74) is 1.30. The third-order valence-electron chi connectivity index (χ3n) is 3.05. The van der Waals surface area contributed by atoms with Gasteiger partial charge in [0.1, 0.15) is 5.82 Å². The van der Waals surface area contributed by atoms with Crippen molar-refractivity contribution in [1.29, 1.82) is 0 Å². The van der Waals surface area contributed by atoms with Crippen molar-refractivity contribution in [1.82, 2.24) is 9.88 Å². The average Bonchev–Trinajstić information content (AvgIpc) is 2.37. The van der Waals surface area contributed by atoms with Gasteiger partial charge < -0.3 is 5.32 Å². The molecule has 0 unspecified atom stereocenters. The fourth-order valence-corrected chi connectivity index (χ4v) is 1.99. The quantitative estimate of drug-likeness (QED) is 0.764. The van der Waals surface area contributed by atoms with Crippen LogP contribution in [0, 0.1) is 0 Å². The van der Waals surface area contributed by atoms with Gasteiger partial charge in [-0.25, -0.2) is 4.98 Å². The van der Waals surface area contributed by atoms with Crippen molar-refractivity contribution in [2.45, 2.75) is 53.1 Å². The van der Waals surface area contributed by atoms with Crippen LogP contribution in [-0.4, -0.2) is 29.0 Å². The van der Waals surface area contributed by atoms with Crippen LogP contribution in [0.4, 0.5) is 5.82 Å². The zero-order valence-corrected chi connectivity index (χ0v) is 12.2. The number of hydrogen-bond acceptors (Lipinski definition) is 3. The second-order valence-electron chi connectivity index (χ2n) is 5.00. The van der Waals surface area contributed by atoms with Crippen LogP contribution in [0.3, 0.4) is 0 Å². The summed E-state index contributed by atoms with van der Waals surface area (Å²) in [6, 6.07) is 4.77. The summed E-state index contributed by atoms with van der Waals surface area (Å²) in [7, 11) is 0. The highest BCUT2D eigenvalue weighted by Crippen LogP contribution is 2.16. The molecule has 0 atom stereocenters. The monoisotopic (exact) mass is 249 g/mol. The number of pyridine rings is 1. The Morgan fingerprint density at radius 2 is 2.06 bits per heavy atom. The Balaban J connectivity index is 2.74. The predicted molar refractivity (Wildman–Crippen MR) is 78.9 cm³/mol. The molecule has 0 aliphatic rings. The van der Waals surface area contributed by atoms with Crippen LogP contribution in [0.25, 0.3) is 0 Å². The van der Waals surface area contributed by atoms with E-state index in [4.69, 9.17) is 0 Å². The summed E-state index contributed by atoms with van der Waals surface area (Å²) >= 11 is 0. The molecule has 1 aromatic rings. The summed E-state index contributed by atoms with van der Waals surface area (Å²) in [6.07, 6.45) is 4.18. The van der Waals surface area contributed by atoms with Gasteiger partial charge in [-0.15, -0.1) is 0 Å². The molecule has 3 heteroatoms. The third-order valence-corrected chi connectivity index (χ3v) is 3.05. The predicted octanol–water partition coefficient (Wildman–Crippen LogP) is 3.52. The minimum Gasteiger partial charge on any atom is -0.370 e. The molecule has 3 nitrogen and oxygen atoms in total. The van der Waals surface area contributed by atoms with Crippen molar-refractivity contribution in [3.63, 3.8) is 0 Å². The van der Waals surface area contributed by atoms with Crippen molar-refractivity contribution in [2.75, 3.05) is 18.4 Å². The van der Waals surface area contributed by atoms with Crippen LogP contribution in [-0.2, 0) is 6.54 Å². The van der Waals surface area contributed by atoms with Gasteiger partial charge in [0.25, 0.3) is 0 Å². The lowest BCUT2D eigenvalue weighted by Crippen LogP contribution is -2.31. The lowest BCUT2D eigenvalue weighted by Gasteiger charge is -2.26. The lowest BCUT2D eigenvalue weighted by molar-refractivity contribution is 0.213. The molecule has 0 aromatic carbocycles. The van der Waals surface area contributed by atoms with Crippen molar-refractivity contribution >= 4 is 5.82 Å². The standard InChI is InChI=1S/C15H27N3/c1-5-9-16-15-14(8-7-10-17-15)12-18(11-6-2)13(3)4/h7-8,10,13H,5-6,9,11-12H2,1-4H3,(H,16,17). The molecule has 0 saturated carbocycles. The minimum absolute atomic E-state index is 0.573. The van der Waals surface area contributed by atoms with E-state index in [1.807, 2.05) is 12.3 Å². The fourth-order valence-electron chi connectivity index (χ4n) is 1.99. The van der Waals surface area contributed by atoms with E-state index in [0.717, 1.165) is 31.9 Å². The SMILES string of the molecule is CCCNc1ncccc1CN(CCC)C(C)C. The molecule has 102 valence electrons. The number of aromatic nitrogens is 1. The average molecular weight is 249 g/mol. The molecule has 0 saturated heterocycles. The van der Waals surface area contributed by atoms with Crippen LogP contribution in [0.15, 0.2) is 18.3 Å². The van der Waals surface area contributed by atoms with Gasteiger partial charge in [-0.2, -0.15) is 0 Å². The maximum atomic E-state index is 4.45. The van der Waals surface area contributed by atoms with Crippen molar-refractivity contribution in [3.05, 3.63) is 23.9 Å². The summed E-state index contributed by atoms with van der Waals surface area (Å²) in [5, 5.41) is 3.41. The van der Waals surface area contributed by atoms with Gasteiger partial charge >= 0.3 is 0 Å². The van der Waals surface area contributed by atoms with Crippen LogP contribution in [0.2, 0.25) is 0 Å². The van der Waals surface area contributed by atoms with Crippen LogP contribution in [0.5, 0.6) is 0 Å². The van der Waals surface area contributed by atoms with Crippen LogP contribution in [0.1, 0.15) is 46.1 Å². The van der Waals surface area contributed by atoms with Gasteiger partial charge in [-0.3, -0.25) is 4.90 Å². The van der Waals surface area contributed by atoms with Crippen LogP contribution < -0.4 is 5.32 Å². The Morgan fingerprint density at radius 1 is 1.28 bits per heavy atom. The first kappa shape index (κ1) is 15.0. The van der Waals surface area contributed by atoms with E-state index in [2.05, 4.69) is 49.0 Å². The molecule has 0 amide bonds. The van der Waals surface area contributed by atoms with E-state index in [-0.39, 0.29) is 0 Å². The third kappa shape index (κ3) is 4.65. The van der Waals surface area contributed by atoms with Gasteiger partial charge in [0.05, 0.1) is 0 Å². The summed E-state index contributed by atoms with van der Waals surface area (Å²) in [5.74, 6) is 1.04. The number of rotatable bonds is 8. The van der Waals surface area contributed by atoms with E-state index in [1.54, 1.807) is 0 Å². The zero-order valence-electron chi connectivity index (χ0n) is 12.2. The van der Waals surface area contributed by atoms with E-state index in [1.165, 1.54) is 12.0 Å². The molecule has 18 heavy (non-hydrogen) atoms. The largest absolute Gasteiger partial charge is 0.370 e. The van der Waals surface area contributed by atoms with Crippen molar-refractivity contribution in [2.24, 2.45) is 0 Å². The normalized spacial score (nSPS) is 11.2. The number of nitrogens with one attached hydrogen (secondary N) is 1. The maximum absolute atomic E-state index is 4.45. The highest BCUT2D eigenvalue weighted by molar-refractivity contribution is 5.43. The van der Waals surface area contributed by atoms with Gasteiger partial charge in [0, 0.05) is 30.9 Å². The number of hydrogen-bond donors (Lipinski definition) is 1. The molecular formula is C15H27N3. The summed E-state index contributed by atoms with van der Waals surface area (Å²) < 4.78 is 0. The van der Waals surface area contributed by atoms with Gasteiger partial charge in [0.15, 0.2) is 0 Å². The molecule has 0 bridgehead atoms. The van der Waals surface area contributed by atoms with Crippen molar-refractivity contribution in [3.8, 4) is 0 Å². The van der Waals surface area contributed by atoms with Gasteiger partial charge in [-0.05, 0) is 39.3 Å². The molecular weight excluding hydrogens is 222 g/mol. The first-order valence-corrected chi connectivity index (χ1v) is 7.10. The lowest BCUT2D eigenvalue weighted by atomic mass is 10.2. The van der Waals surface area contributed by atoms with Crippen molar-refractivity contribution < 1.29 is 0 Å². The second kappa shape index (κ2) is 8.09. The minimum atomic E-state index is 0.573. The summed E-state index contributed by atoms with van der Waals surface area (Å²) in [6.45, 7) is 12.0. The highest BCUT2D eigenvalue weighted by Gasteiger charge is 2.11. The number of anilines is 1. The fraction of sp³-hybridized carbons (Fsp3) is 0.667. The number of nitrogens with zero attached hydrogens (tertiary/aromatic N) is 2. The molecule has 1 rings (SSSR count). The maximum Gasteiger partial charge on any atom is 0.130 e. The van der Waals surface area contributed by atoms with E-state index in [9.17, 15) is 0 Å². The topological polar surface area (TPSA) is 28.2 Å². The van der Waals surface area contributed by atoms with Gasteiger partial charge in [-0.1, -0.05) is 19.9 Å². The van der Waals surface area contributed by atoms with E-state index < -0.39 is 0 Å². The summed E-state index contributed by atoms with van der Waals surface area (Å²) in [4.78, 5) is 6.95. The molecule has 0 aliphatic heterocycles. The van der Waals surface area contributed by atoms with E-state index in [0.29, 0.717) is 6.04 Å². The second-order valence-corrected chi connectivity index (χ2v) is 5.00. The molecule has 0 fully saturated rings. The van der Waals surface area contributed by atoms with Gasteiger partial charge in [0.2, 0.25) is 0 Å². The molecule has 1 heterocycles. The Kier molecular flexibility index (Phi) is 6.73. The smallest absolute Gasteiger partial charge is 0.130 e. The molecule has 0 spiro atoms. The Labute approximate surface area is 112 Å². The molecule has 1 aromatic heterocycles. The molecule has 0 radical (unpaired) electrons. The molecule has 1 N–H and O–H groups in total. The highest BCUT2D eigenvalue weighted by atomic mass is 15.1.